The molecule has 1 N–H and O–H groups in total. The van der Waals surface area contributed by atoms with Gasteiger partial charge in [0.1, 0.15) is 0 Å². The van der Waals surface area contributed by atoms with Crippen molar-refractivity contribution in [1.29, 1.82) is 0 Å². The van der Waals surface area contributed by atoms with Crippen LogP contribution in [0.2, 0.25) is 0 Å². The van der Waals surface area contributed by atoms with Gasteiger partial charge < -0.3 is 5.32 Å². The Labute approximate surface area is 85.2 Å². The van der Waals surface area contributed by atoms with E-state index in [2.05, 4.69) is 49.5 Å². The van der Waals surface area contributed by atoms with Gasteiger partial charge in [0.05, 0.1) is 0 Å². The minimum absolute atomic E-state index is 1.03. The molecule has 0 unspecified atom stereocenters. The lowest BCUT2D eigenvalue weighted by Gasteiger charge is -2.14. The molecule has 72 valence electrons. The molecular weight excluding hydrogens is 170 g/mol. The van der Waals surface area contributed by atoms with Crippen LogP contribution in [-0.2, 0) is 0 Å². The van der Waals surface area contributed by atoms with Crippen LogP contribution >= 0.6 is 0 Å². The summed E-state index contributed by atoms with van der Waals surface area (Å²) in [6.07, 6.45) is 13.9. The lowest BCUT2D eigenvalue weighted by atomic mass is 9.99. The molecule has 0 aromatic carbocycles. The highest BCUT2D eigenvalue weighted by Crippen LogP contribution is 2.20. The number of hydrogen-bond acceptors (Lipinski definition) is 1. The van der Waals surface area contributed by atoms with Crippen molar-refractivity contribution >= 4 is 0 Å². The van der Waals surface area contributed by atoms with Crippen molar-refractivity contribution in [3.63, 3.8) is 0 Å². The fourth-order valence-corrected chi connectivity index (χ4v) is 1.60. The van der Waals surface area contributed by atoms with Crippen LogP contribution in [0, 0.1) is 0 Å². The third kappa shape index (κ3) is 1.87. The molecule has 1 aliphatic heterocycles. The molecule has 2 rings (SSSR count). The minimum Gasteiger partial charge on any atom is -0.361 e. The summed E-state index contributed by atoms with van der Waals surface area (Å²) in [6.45, 7) is 4.25. The Morgan fingerprint density at radius 3 is 2.57 bits per heavy atom. The number of rotatable bonds is 0. The zero-order chi connectivity index (χ0) is 9.97. The van der Waals surface area contributed by atoms with Crippen molar-refractivity contribution in [3.05, 3.63) is 59.0 Å². The standard InChI is InChI=1S/C13H15N/c1-10-3-5-12(6-4-10)13-9-11(2)7-8-14-13/h3-5,7-9,14H,6H2,1-2H3. The maximum atomic E-state index is 3.28. The first-order chi connectivity index (χ1) is 6.75. The Balaban J connectivity index is 2.27. The van der Waals surface area contributed by atoms with E-state index < -0.39 is 0 Å². The van der Waals surface area contributed by atoms with Gasteiger partial charge in [0, 0.05) is 11.9 Å². The Morgan fingerprint density at radius 1 is 1.07 bits per heavy atom. The van der Waals surface area contributed by atoms with E-state index in [4.69, 9.17) is 0 Å². The summed E-state index contributed by atoms with van der Waals surface area (Å²) in [4.78, 5) is 0. The van der Waals surface area contributed by atoms with Crippen LogP contribution < -0.4 is 5.32 Å². The first kappa shape index (κ1) is 9.07. The van der Waals surface area contributed by atoms with E-state index >= 15 is 0 Å². The highest BCUT2D eigenvalue weighted by atomic mass is 14.9. The highest BCUT2D eigenvalue weighted by Gasteiger charge is 2.05. The minimum atomic E-state index is 1.03. The molecule has 2 aliphatic rings. The van der Waals surface area contributed by atoms with Gasteiger partial charge in [0.2, 0.25) is 0 Å². The summed E-state index contributed by atoms with van der Waals surface area (Å²) in [5.74, 6) is 0. The van der Waals surface area contributed by atoms with Gasteiger partial charge in [0.15, 0.2) is 0 Å². The molecule has 0 fully saturated rings. The van der Waals surface area contributed by atoms with Crippen LogP contribution in [0.1, 0.15) is 20.3 Å². The fourth-order valence-electron chi connectivity index (χ4n) is 1.60. The quantitative estimate of drug-likeness (QED) is 0.611. The molecule has 0 atom stereocenters. The summed E-state index contributed by atoms with van der Waals surface area (Å²) in [5, 5.41) is 3.28. The van der Waals surface area contributed by atoms with E-state index in [-0.39, 0.29) is 0 Å². The smallest absolute Gasteiger partial charge is 0.0418 e. The molecule has 14 heavy (non-hydrogen) atoms. The van der Waals surface area contributed by atoms with Gasteiger partial charge in [0.25, 0.3) is 0 Å². The van der Waals surface area contributed by atoms with Crippen LogP contribution in [-0.4, -0.2) is 0 Å². The van der Waals surface area contributed by atoms with Gasteiger partial charge >= 0.3 is 0 Å². The average molecular weight is 185 g/mol. The average Bonchev–Trinajstić information content (AvgIpc) is 2.19. The van der Waals surface area contributed by atoms with Gasteiger partial charge in [-0.25, -0.2) is 0 Å². The molecular formula is C13H15N. The maximum Gasteiger partial charge on any atom is 0.0418 e. The molecule has 1 heteroatoms. The third-order valence-corrected chi connectivity index (χ3v) is 2.49. The molecule has 0 saturated carbocycles. The third-order valence-electron chi connectivity index (χ3n) is 2.49. The van der Waals surface area contributed by atoms with Crippen LogP contribution in [0.15, 0.2) is 59.0 Å². The highest BCUT2D eigenvalue weighted by molar-refractivity contribution is 5.44. The summed E-state index contributed by atoms with van der Waals surface area (Å²) in [7, 11) is 0. The van der Waals surface area contributed by atoms with E-state index in [1.807, 2.05) is 6.20 Å². The van der Waals surface area contributed by atoms with Crippen LogP contribution in [0.3, 0.4) is 0 Å². The van der Waals surface area contributed by atoms with E-state index in [1.54, 1.807) is 0 Å². The molecule has 0 spiro atoms. The van der Waals surface area contributed by atoms with Crippen LogP contribution in [0.5, 0.6) is 0 Å². The Morgan fingerprint density at radius 2 is 1.93 bits per heavy atom. The summed E-state index contributed by atoms with van der Waals surface area (Å²) < 4.78 is 0. The lowest BCUT2D eigenvalue weighted by Crippen LogP contribution is -2.09. The number of allylic oxidation sites excluding steroid dienone is 8. The first-order valence-electron chi connectivity index (χ1n) is 4.95. The number of dihydropyridines is 1. The molecule has 1 heterocycles. The Kier molecular flexibility index (Phi) is 2.40. The monoisotopic (exact) mass is 185 g/mol. The van der Waals surface area contributed by atoms with Gasteiger partial charge in [-0.15, -0.1) is 0 Å². The maximum absolute atomic E-state index is 3.28. The van der Waals surface area contributed by atoms with Gasteiger partial charge in [-0.05, 0) is 43.6 Å². The molecule has 0 radical (unpaired) electrons. The van der Waals surface area contributed by atoms with Gasteiger partial charge in [-0.2, -0.15) is 0 Å². The second-order valence-corrected chi connectivity index (χ2v) is 3.79. The van der Waals surface area contributed by atoms with Crippen molar-refractivity contribution in [2.24, 2.45) is 0 Å². The van der Waals surface area contributed by atoms with Crippen molar-refractivity contribution < 1.29 is 0 Å². The van der Waals surface area contributed by atoms with Crippen molar-refractivity contribution in [1.82, 2.24) is 5.32 Å². The summed E-state index contributed by atoms with van der Waals surface area (Å²) in [5.41, 5.74) is 5.23. The predicted octanol–water partition coefficient (Wildman–Crippen LogP) is 3.21. The second kappa shape index (κ2) is 3.70. The number of hydrogen-bond donors (Lipinski definition) is 1. The Bertz CT molecular complexity index is 389. The lowest BCUT2D eigenvalue weighted by molar-refractivity contribution is 1.02. The van der Waals surface area contributed by atoms with Crippen LogP contribution in [0.25, 0.3) is 0 Å². The van der Waals surface area contributed by atoms with E-state index in [0.717, 1.165) is 6.42 Å². The molecule has 1 aliphatic carbocycles. The molecule has 0 amide bonds. The molecule has 0 bridgehead atoms. The van der Waals surface area contributed by atoms with Gasteiger partial charge in [-0.3, -0.25) is 0 Å². The zero-order valence-corrected chi connectivity index (χ0v) is 8.67. The Hall–Kier alpha value is -1.50. The van der Waals surface area contributed by atoms with Crippen molar-refractivity contribution in [3.8, 4) is 0 Å². The molecule has 0 saturated heterocycles. The largest absolute Gasteiger partial charge is 0.361 e. The first-order valence-corrected chi connectivity index (χ1v) is 4.95. The van der Waals surface area contributed by atoms with E-state index in [1.165, 1.54) is 22.4 Å². The SMILES string of the molecule is CC1=CCC(=C2C=C(C)C=CN2)C=C1. The topological polar surface area (TPSA) is 12.0 Å². The summed E-state index contributed by atoms with van der Waals surface area (Å²) >= 11 is 0. The predicted molar refractivity (Wildman–Crippen MR) is 60.6 cm³/mol. The second-order valence-electron chi connectivity index (χ2n) is 3.79. The van der Waals surface area contributed by atoms with Crippen LogP contribution in [0.4, 0.5) is 0 Å². The fraction of sp³-hybridized carbons (Fsp3) is 0.231. The van der Waals surface area contributed by atoms with Crippen molar-refractivity contribution in [2.75, 3.05) is 0 Å². The normalized spacial score (nSPS) is 25.6. The molecule has 1 nitrogen and oxygen atoms in total. The molecule has 0 aromatic rings. The van der Waals surface area contributed by atoms with Gasteiger partial charge in [-0.1, -0.05) is 23.8 Å². The van der Waals surface area contributed by atoms with E-state index in [0.29, 0.717) is 0 Å². The van der Waals surface area contributed by atoms with Crippen molar-refractivity contribution in [2.45, 2.75) is 20.3 Å². The summed E-state index contributed by atoms with van der Waals surface area (Å²) in [6, 6.07) is 0. The number of nitrogens with one attached hydrogen (secondary N) is 1. The van der Waals surface area contributed by atoms with E-state index in [9.17, 15) is 0 Å². The zero-order valence-electron chi connectivity index (χ0n) is 8.67. The molecule has 0 aromatic heterocycles.